The van der Waals surface area contributed by atoms with Gasteiger partial charge in [0.2, 0.25) is 0 Å². The maximum absolute atomic E-state index is 5.64. The summed E-state index contributed by atoms with van der Waals surface area (Å²) in [5, 5.41) is 7.51. The van der Waals surface area contributed by atoms with Crippen LogP contribution in [0.4, 0.5) is 0 Å². The Kier molecular flexibility index (Phi) is 2.09. The van der Waals surface area contributed by atoms with E-state index in [1.165, 1.54) is 0 Å². The monoisotopic (exact) mass is 288 g/mol. The van der Waals surface area contributed by atoms with E-state index in [9.17, 15) is 0 Å². The van der Waals surface area contributed by atoms with Crippen molar-refractivity contribution in [2.24, 2.45) is 7.05 Å². The van der Waals surface area contributed by atoms with Crippen LogP contribution < -0.4 is 0 Å². The predicted molar refractivity (Wildman–Crippen MR) is 85.6 cm³/mol. The number of benzene rings is 1. The molecule has 5 nitrogen and oxygen atoms in total. The highest BCUT2D eigenvalue weighted by Gasteiger charge is 2.13. The first kappa shape index (κ1) is 11.6. The number of nitrogens with zero attached hydrogens (tertiary/aromatic N) is 3. The molecule has 5 heteroatoms. The van der Waals surface area contributed by atoms with Crippen LogP contribution in [-0.2, 0) is 7.05 Å². The first-order valence-corrected chi connectivity index (χ1v) is 7.07. The molecule has 0 spiro atoms. The van der Waals surface area contributed by atoms with Crippen molar-refractivity contribution >= 4 is 32.9 Å². The lowest BCUT2D eigenvalue weighted by atomic mass is 10.1. The van der Waals surface area contributed by atoms with Gasteiger partial charge in [-0.15, -0.1) is 0 Å². The van der Waals surface area contributed by atoms with Crippen LogP contribution >= 0.6 is 0 Å². The summed E-state index contributed by atoms with van der Waals surface area (Å²) in [6.45, 7) is 0. The normalized spacial score (nSPS) is 11.9. The van der Waals surface area contributed by atoms with E-state index < -0.39 is 0 Å². The second-order valence-corrected chi connectivity index (χ2v) is 5.42. The summed E-state index contributed by atoms with van der Waals surface area (Å²) in [5.74, 6) is 0. The second kappa shape index (κ2) is 3.98. The zero-order valence-electron chi connectivity index (χ0n) is 11.9. The van der Waals surface area contributed by atoms with Crippen LogP contribution in [0.15, 0.2) is 53.4 Å². The molecule has 0 unspecified atom stereocenters. The summed E-state index contributed by atoms with van der Waals surface area (Å²) >= 11 is 0. The Morgan fingerprint density at radius 3 is 3.00 bits per heavy atom. The largest absolute Gasteiger partial charge is 0.464 e. The van der Waals surface area contributed by atoms with E-state index in [4.69, 9.17) is 4.42 Å². The minimum absolute atomic E-state index is 0.858. The zero-order chi connectivity index (χ0) is 14.7. The van der Waals surface area contributed by atoms with Crippen molar-refractivity contribution in [3.63, 3.8) is 0 Å². The van der Waals surface area contributed by atoms with Gasteiger partial charge in [0.25, 0.3) is 0 Å². The molecule has 5 aromatic rings. The molecule has 0 saturated carbocycles. The lowest BCUT2D eigenvalue weighted by Crippen LogP contribution is -1.89. The third-order valence-electron chi connectivity index (χ3n) is 4.12. The Morgan fingerprint density at radius 1 is 1.14 bits per heavy atom. The van der Waals surface area contributed by atoms with Gasteiger partial charge >= 0.3 is 0 Å². The van der Waals surface area contributed by atoms with Gasteiger partial charge in [-0.05, 0) is 12.1 Å². The molecule has 4 heterocycles. The van der Waals surface area contributed by atoms with E-state index in [0.29, 0.717) is 0 Å². The van der Waals surface area contributed by atoms with Gasteiger partial charge in [-0.25, -0.2) is 4.98 Å². The number of aryl methyl sites for hydroxylation is 1. The summed E-state index contributed by atoms with van der Waals surface area (Å²) in [5.41, 5.74) is 4.87. The Labute approximate surface area is 125 Å². The number of aromatic nitrogens is 4. The summed E-state index contributed by atoms with van der Waals surface area (Å²) < 4.78 is 7.52. The number of nitrogens with one attached hydrogen (secondary N) is 1. The molecule has 0 atom stereocenters. The van der Waals surface area contributed by atoms with Gasteiger partial charge in [-0.1, -0.05) is 18.2 Å². The van der Waals surface area contributed by atoms with Crippen LogP contribution in [-0.4, -0.2) is 19.7 Å². The van der Waals surface area contributed by atoms with Crippen molar-refractivity contribution in [2.75, 3.05) is 0 Å². The average Bonchev–Trinajstić information content (AvgIpc) is 3.22. The number of aromatic amines is 1. The fourth-order valence-corrected chi connectivity index (χ4v) is 3.07. The fourth-order valence-electron chi connectivity index (χ4n) is 3.07. The summed E-state index contributed by atoms with van der Waals surface area (Å²) in [4.78, 5) is 7.88. The Bertz CT molecular complexity index is 1150. The highest BCUT2D eigenvalue weighted by atomic mass is 16.3. The Hall–Kier alpha value is -3.08. The van der Waals surface area contributed by atoms with Gasteiger partial charge in [0.15, 0.2) is 0 Å². The van der Waals surface area contributed by atoms with Gasteiger partial charge in [0.1, 0.15) is 17.5 Å². The number of pyridine rings is 1. The summed E-state index contributed by atoms with van der Waals surface area (Å²) in [7, 11) is 1.95. The summed E-state index contributed by atoms with van der Waals surface area (Å²) in [6.07, 6.45) is 5.47. The van der Waals surface area contributed by atoms with Crippen molar-refractivity contribution < 1.29 is 4.42 Å². The predicted octanol–water partition coefficient (Wildman–Crippen LogP) is 3.86. The van der Waals surface area contributed by atoms with E-state index >= 15 is 0 Å². The quantitative estimate of drug-likeness (QED) is 0.509. The third-order valence-corrected chi connectivity index (χ3v) is 4.12. The van der Waals surface area contributed by atoms with E-state index in [2.05, 4.69) is 27.2 Å². The van der Waals surface area contributed by atoms with Gasteiger partial charge in [0.05, 0.1) is 17.4 Å². The van der Waals surface area contributed by atoms with Gasteiger partial charge in [0, 0.05) is 35.0 Å². The third kappa shape index (κ3) is 1.42. The number of hydrogen-bond donors (Lipinski definition) is 1. The summed E-state index contributed by atoms with van der Waals surface area (Å²) in [6, 6.07) is 10.1. The zero-order valence-corrected chi connectivity index (χ0v) is 11.9. The molecule has 4 aromatic heterocycles. The van der Waals surface area contributed by atoms with Crippen LogP contribution in [0, 0.1) is 0 Å². The maximum atomic E-state index is 5.64. The molecule has 0 fully saturated rings. The number of para-hydroxylation sites is 1. The van der Waals surface area contributed by atoms with Crippen molar-refractivity contribution in [1.29, 1.82) is 0 Å². The molecule has 1 N–H and O–H groups in total. The molecule has 106 valence electrons. The number of furan rings is 1. The van der Waals surface area contributed by atoms with E-state index in [0.717, 1.165) is 44.2 Å². The molecule has 1 aromatic carbocycles. The minimum Gasteiger partial charge on any atom is -0.464 e. The first-order chi connectivity index (χ1) is 10.8. The maximum Gasteiger partial charge on any atom is 0.139 e. The van der Waals surface area contributed by atoms with Crippen molar-refractivity contribution in [1.82, 2.24) is 19.7 Å². The number of H-pyrrole nitrogens is 1. The van der Waals surface area contributed by atoms with Crippen LogP contribution in [0.1, 0.15) is 0 Å². The average molecular weight is 288 g/mol. The van der Waals surface area contributed by atoms with E-state index in [-0.39, 0.29) is 0 Å². The fraction of sp³-hybridized carbons (Fsp3) is 0.0588. The van der Waals surface area contributed by atoms with Gasteiger partial charge in [-0.3, -0.25) is 4.68 Å². The van der Waals surface area contributed by atoms with Crippen molar-refractivity contribution in [3.05, 3.63) is 49.0 Å². The highest BCUT2D eigenvalue weighted by molar-refractivity contribution is 6.05. The Morgan fingerprint density at radius 2 is 2.05 bits per heavy atom. The van der Waals surface area contributed by atoms with Crippen molar-refractivity contribution in [3.8, 4) is 11.3 Å². The molecule has 0 radical (unpaired) electrons. The van der Waals surface area contributed by atoms with Crippen LogP contribution in [0.2, 0.25) is 0 Å². The molecule has 0 aliphatic carbocycles. The van der Waals surface area contributed by atoms with Gasteiger partial charge < -0.3 is 9.40 Å². The molecule has 0 aliphatic heterocycles. The van der Waals surface area contributed by atoms with Crippen LogP contribution in [0.5, 0.6) is 0 Å². The molecule has 0 aliphatic rings. The molecule has 0 bridgehead atoms. The molecule has 0 amide bonds. The van der Waals surface area contributed by atoms with Crippen molar-refractivity contribution in [2.45, 2.75) is 0 Å². The lowest BCUT2D eigenvalue weighted by Gasteiger charge is -1.94. The first-order valence-electron chi connectivity index (χ1n) is 7.07. The second-order valence-electron chi connectivity index (χ2n) is 5.42. The standard InChI is InChI=1S/C17H12N4O/c1-21-16-10(8-19-21)7-18-17-12(16)6-14(20-17)13-9-22-15-5-3-2-4-11(13)15/h2-9H,1H3,(H,18,20). The van der Waals surface area contributed by atoms with Crippen LogP contribution in [0.3, 0.4) is 0 Å². The van der Waals surface area contributed by atoms with E-state index in [1.807, 2.05) is 42.3 Å². The smallest absolute Gasteiger partial charge is 0.139 e. The highest BCUT2D eigenvalue weighted by Crippen LogP contribution is 2.33. The number of hydrogen-bond acceptors (Lipinski definition) is 3. The molecule has 0 saturated heterocycles. The van der Waals surface area contributed by atoms with Gasteiger partial charge in [-0.2, -0.15) is 5.10 Å². The number of rotatable bonds is 1. The SMILES string of the molecule is Cn1ncc2cnc3[nH]c(-c4coc5ccccc45)cc3c21. The van der Waals surface area contributed by atoms with Crippen LogP contribution in [0.25, 0.3) is 44.2 Å². The van der Waals surface area contributed by atoms with E-state index in [1.54, 1.807) is 6.26 Å². The number of fused-ring (bicyclic) bond motifs is 4. The molecular formula is C17H12N4O. The lowest BCUT2D eigenvalue weighted by molar-refractivity contribution is 0.617. The topological polar surface area (TPSA) is 59.6 Å². The molecule has 5 rings (SSSR count). The molecule has 22 heavy (non-hydrogen) atoms. The Balaban J connectivity index is 1.85. The molecular weight excluding hydrogens is 276 g/mol. The minimum atomic E-state index is 0.858.